The molecule has 8 heteroatoms. The van der Waals surface area contributed by atoms with Crippen LogP contribution in [0.15, 0.2) is 16.0 Å². The zero-order valence-corrected chi connectivity index (χ0v) is 14.7. The van der Waals surface area contributed by atoms with Crippen molar-refractivity contribution in [3.05, 3.63) is 22.1 Å². The molecule has 7 nitrogen and oxygen atoms in total. The molecule has 1 saturated heterocycles. The van der Waals surface area contributed by atoms with E-state index in [0.717, 1.165) is 0 Å². The first-order chi connectivity index (χ1) is 11.5. The number of hydrogen-bond acceptors (Lipinski definition) is 6. The van der Waals surface area contributed by atoms with Gasteiger partial charge in [-0.3, -0.25) is 19.0 Å². The van der Waals surface area contributed by atoms with Gasteiger partial charge in [0, 0.05) is 37.0 Å². The summed E-state index contributed by atoms with van der Waals surface area (Å²) in [6.07, 6.45) is 1.57. The van der Waals surface area contributed by atoms with Crippen molar-refractivity contribution in [3.8, 4) is 0 Å². The van der Waals surface area contributed by atoms with Crippen molar-refractivity contribution in [1.82, 2.24) is 14.5 Å². The van der Waals surface area contributed by atoms with E-state index < -0.39 is 0 Å². The van der Waals surface area contributed by atoms with Crippen LogP contribution in [0.4, 0.5) is 0 Å². The molecule has 1 atom stereocenters. The number of nitrogens with zero attached hydrogens (tertiary/aromatic N) is 3. The summed E-state index contributed by atoms with van der Waals surface area (Å²) < 4.78 is 6.40. The van der Waals surface area contributed by atoms with Crippen LogP contribution in [0.3, 0.4) is 0 Å². The smallest absolute Gasteiger partial charge is 0.308 e. The number of aryl methyl sites for hydroxylation is 1. The topological polar surface area (TPSA) is 81.5 Å². The molecule has 24 heavy (non-hydrogen) atoms. The molecule has 0 aromatic carbocycles. The van der Waals surface area contributed by atoms with Gasteiger partial charge in [0.25, 0.3) is 5.56 Å². The summed E-state index contributed by atoms with van der Waals surface area (Å²) in [5.74, 6) is 0.410. The van der Waals surface area contributed by atoms with E-state index in [9.17, 15) is 14.4 Å². The predicted molar refractivity (Wildman–Crippen MR) is 88.9 cm³/mol. The highest BCUT2D eigenvalue weighted by atomic mass is 32.2. The van der Waals surface area contributed by atoms with E-state index >= 15 is 0 Å². The fourth-order valence-electron chi connectivity index (χ4n) is 3.27. The molecule has 2 aliphatic heterocycles. The molecular formula is C16H21N3O4S. The minimum Gasteiger partial charge on any atom is -0.469 e. The molecule has 1 amide bonds. The molecule has 130 valence electrons. The van der Waals surface area contributed by atoms with Crippen molar-refractivity contribution in [2.45, 2.75) is 37.4 Å². The average Bonchev–Trinajstić information content (AvgIpc) is 2.97. The summed E-state index contributed by atoms with van der Waals surface area (Å²) in [7, 11) is 1.39. The number of thioether (sulfide) groups is 1. The van der Waals surface area contributed by atoms with E-state index in [4.69, 9.17) is 4.74 Å². The highest BCUT2D eigenvalue weighted by Gasteiger charge is 2.32. The second-order valence-corrected chi connectivity index (χ2v) is 7.22. The Labute approximate surface area is 144 Å². The lowest BCUT2D eigenvalue weighted by Gasteiger charge is -2.31. The lowest BCUT2D eigenvalue weighted by Crippen LogP contribution is -2.41. The van der Waals surface area contributed by atoms with Crippen molar-refractivity contribution < 1.29 is 14.3 Å². The van der Waals surface area contributed by atoms with Crippen LogP contribution in [-0.4, -0.2) is 52.3 Å². The number of ether oxygens (including phenoxy) is 1. The third-order valence-corrected chi connectivity index (χ3v) is 5.71. The first-order valence-corrected chi connectivity index (χ1v) is 9.06. The molecule has 1 unspecified atom stereocenters. The number of hydrogen-bond donors (Lipinski definition) is 0. The van der Waals surface area contributed by atoms with Gasteiger partial charge in [0.05, 0.1) is 19.1 Å². The quantitative estimate of drug-likeness (QED) is 0.597. The third-order valence-electron chi connectivity index (χ3n) is 4.61. The largest absolute Gasteiger partial charge is 0.469 e. The number of piperidine rings is 1. The van der Waals surface area contributed by atoms with E-state index in [1.54, 1.807) is 16.4 Å². The molecule has 3 heterocycles. The summed E-state index contributed by atoms with van der Waals surface area (Å²) in [5.41, 5.74) is 0.611. The van der Waals surface area contributed by atoms with Crippen LogP contribution >= 0.6 is 11.8 Å². The first kappa shape index (κ1) is 17.0. The van der Waals surface area contributed by atoms with Gasteiger partial charge in [0.1, 0.15) is 0 Å². The second kappa shape index (κ2) is 6.96. The van der Waals surface area contributed by atoms with Gasteiger partial charge in [-0.05, 0) is 19.8 Å². The molecule has 1 aromatic heterocycles. The van der Waals surface area contributed by atoms with Gasteiger partial charge in [0.2, 0.25) is 5.91 Å². The number of esters is 1. The maximum atomic E-state index is 12.6. The number of likely N-dealkylation sites (tertiary alicyclic amines) is 1. The van der Waals surface area contributed by atoms with E-state index in [0.29, 0.717) is 49.0 Å². The molecule has 0 spiro atoms. The van der Waals surface area contributed by atoms with Crippen molar-refractivity contribution >= 4 is 23.6 Å². The van der Waals surface area contributed by atoms with Crippen LogP contribution in [-0.2, 0) is 14.3 Å². The fraction of sp³-hybridized carbons (Fsp3) is 0.625. The minimum atomic E-state index is -0.198. The Morgan fingerprint density at radius 3 is 2.75 bits per heavy atom. The van der Waals surface area contributed by atoms with Crippen LogP contribution in [0.1, 0.15) is 31.0 Å². The van der Waals surface area contributed by atoms with Crippen LogP contribution in [0.25, 0.3) is 0 Å². The van der Waals surface area contributed by atoms with Crippen molar-refractivity contribution in [2.75, 3.05) is 26.0 Å². The maximum absolute atomic E-state index is 12.6. The summed E-state index contributed by atoms with van der Waals surface area (Å²) >= 11 is 1.52. The fourth-order valence-corrected chi connectivity index (χ4v) is 4.47. The Hall–Kier alpha value is -1.83. The van der Waals surface area contributed by atoms with Gasteiger partial charge in [0.15, 0.2) is 5.16 Å². The van der Waals surface area contributed by atoms with Crippen LogP contribution in [0.5, 0.6) is 0 Å². The highest BCUT2D eigenvalue weighted by Crippen LogP contribution is 2.32. The summed E-state index contributed by atoms with van der Waals surface area (Å²) in [5, 5.41) is 0.696. The zero-order chi connectivity index (χ0) is 17.3. The van der Waals surface area contributed by atoms with E-state index in [-0.39, 0.29) is 29.4 Å². The third kappa shape index (κ3) is 3.33. The Kier molecular flexibility index (Phi) is 4.93. The number of carbonyl (C=O) groups is 2. The van der Waals surface area contributed by atoms with E-state index in [1.165, 1.54) is 24.9 Å². The molecule has 0 radical (unpaired) electrons. The number of fused-ring (bicyclic) bond motifs is 1. The Bertz CT molecular complexity index is 710. The molecule has 0 aliphatic carbocycles. The molecule has 0 bridgehead atoms. The van der Waals surface area contributed by atoms with Gasteiger partial charge in [-0.2, -0.15) is 0 Å². The van der Waals surface area contributed by atoms with Gasteiger partial charge >= 0.3 is 5.97 Å². The lowest BCUT2D eigenvalue weighted by molar-refractivity contribution is -0.149. The van der Waals surface area contributed by atoms with E-state index in [1.807, 2.05) is 0 Å². The molecule has 3 rings (SSSR count). The van der Waals surface area contributed by atoms with Gasteiger partial charge in [-0.1, -0.05) is 11.8 Å². The van der Waals surface area contributed by atoms with Crippen molar-refractivity contribution in [1.29, 1.82) is 0 Å². The Morgan fingerprint density at radius 2 is 2.08 bits per heavy atom. The average molecular weight is 351 g/mol. The van der Waals surface area contributed by atoms with Crippen LogP contribution in [0, 0.1) is 12.8 Å². The molecule has 0 saturated carbocycles. The van der Waals surface area contributed by atoms with Gasteiger partial charge in [-0.25, -0.2) is 4.98 Å². The molecule has 0 N–H and O–H groups in total. The Morgan fingerprint density at radius 1 is 1.38 bits per heavy atom. The van der Waals surface area contributed by atoms with Gasteiger partial charge in [-0.15, -0.1) is 0 Å². The first-order valence-electron chi connectivity index (χ1n) is 8.08. The Balaban J connectivity index is 1.62. The number of methoxy groups -OCH3 is 1. The molecular weight excluding hydrogens is 330 g/mol. The number of aromatic nitrogens is 2. The monoisotopic (exact) mass is 351 g/mol. The lowest BCUT2D eigenvalue weighted by atomic mass is 9.96. The predicted octanol–water partition coefficient (Wildman–Crippen LogP) is 1.00. The van der Waals surface area contributed by atoms with Gasteiger partial charge < -0.3 is 9.64 Å². The summed E-state index contributed by atoms with van der Waals surface area (Å²) in [6.45, 7) is 2.92. The summed E-state index contributed by atoms with van der Waals surface area (Å²) in [6, 6.07) is 1.37. The number of rotatable bonds is 3. The minimum absolute atomic E-state index is 0.0317. The number of amides is 1. The van der Waals surface area contributed by atoms with Crippen LogP contribution < -0.4 is 5.56 Å². The summed E-state index contributed by atoms with van der Waals surface area (Å²) in [4.78, 5) is 42.4. The second-order valence-electron chi connectivity index (χ2n) is 6.24. The molecule has 1 aromatic rings. The molecule has 2 aliphatic rings. The van der Waals surface area contributed by atoms with Crippen LogP contribution in [0.2, 0.25) is 0 Å². The SMILES string of the molecule is COC(=O)C1CCN(C(=O)CC2CSc3nc(C)cc(=O)n32)CC1. The molecule has 1 fully saturated rings. The number of carbonyl (C=O) groups excluding carboxylic acids is 2. The highest BCUT2D eigenvalue weighted by molar-refractivity contribution is 7.99. The zero-order valence-electron chi connectivity index (χ0n) is 13.9. The standard InChI is InChI=1S/C16H21N3O4S/c1-10-7-14(21)19-12(9-24-16(19)17-10)8-13(20)18-5-3-11(4-6-18)15(22)23-2/h7,11-12H,3-6,8-9H2,1-2H3. The van der Waals surface area contributed by atoms with Crippen molar-refractivity contribution in [3.63, 3.8) is 0 Å². The maximum Gasteiger partial charge on any atom is 0.308 e. The van der Waals surface area contributed by atoms with Crippen molar-refractivity contribution in [2.24, 2.45) is 5.92 Å². The normalized spacial score (nSPS) is 20.8. The van der Waals surface area contributed by atoms with E-state index in [2.05, 4.69) is 4.98 Å².